The molecule has 1 amide bonds. The zero-order chi connectivity index (χ0) is 17.9. The van der Waals surface area contributed by atoms with Gasteiger partial charge in [0.15, 0.2) is 0 Å². The second-order valence-corrected chi connectivity index (χ2v) is 7.69. The fourth-order valence-corrected chi connectivity index (χ4v) is 3.83. The average Bonchev–Trinajstić information content (AvgIpc) is 3.17. The number of benzene rings is 1. The summed E-state index contributed by atoms with van der Waals surface area (Å²) in [6, 6.07) is 10.1. The van der Waals surface area contributed by atoms with Crippen LogP contribution in [0.25, 0.3) is 0 Å². The lowest BCUT2D eigenvalue weighted by atomic mass is 10.0. The van der Waals surface area contributed by atoms with Crippen molar-refractivity contribution in [3.63, 3.8) is 0 Å². The molecule has 2 saturated heterocycles. The van der Waals surface area contributed by atoms with Crippen LogP contribution in [0.5, 0.6) is 5.75 Å². The Hall–Kier alpha value is -1.75. The zero-order valence-corrected chi connectivity index (χ0v) is 15.5. The van der Waals surface area contributed by atoms with Crippen LogP contribution in [0, 0.1) is 0 Å². The molecule has 2 heterocycles. The van der Waals surface area contributed by atoms with Gasteiger partial charge in [0.2, 0.25) is 0 Å². The van der Waals surface area contributed by atoms with Crippen molar-refractivity contribution < 1.29 is 14.3 Å². The van der Waals surface area contributed by atoms with Gasteiger partial charge in [-0.1, -0.05) is 31.5 Å². The van der Waals surface area contributed by atoms with Crippen molar-refractivity contribution in [1.82, 2.24) is 10.2 Å². The van der Waals surface area contributed by atoms with Crippen LogP contribution in [0.15, 0.2) is 30.3 Å². The van der Waals surface area contributed by atoms with Crippen LogP contribution in [0.3, 0.4) is 0 Å². The minimum absolute atomic E-state index is 0.0406. The molecule has 5 nitrogen and oxygen atoms in total. The Kier molecular flexibility index (Phi) is 5.52. The lowest BCUT2D eigenvalue weighted by molar-refractivity contribution is 0.00424. The van der Waals surface area contributed by atoms with Gasteiger partial charge in [0.25, 0.3) is 0 Å². The highest BCUT2D eigenvalue weighted by molar-refractivity contribution is 5.69. The highest BCUT2D eigenvalue weighted by Crippen LogP contribution is 2.30. The van der Waals surface area contributed by atoms with Crippen LogP contribution in [-0.2, 0) is 4.74 Å². The number of amides is 1. The highest BCUT2D eigenvalue weighted by Gasteiger charge is 2.49. The Balaban J connectivity index is 1.65. The van der Waals surface area contributed by atoms with Gasteiger partial charge in [0, 0.05) is 0 Å². The standard InChI is InChI=1S/C20H30N2O3/c1-4-5-12-20(2,3)25-19(23)22-14-17(18-16(22)11-13-21-18)24-15-9-7-6-8-10-15/h6-10,16-18,21H,4-5,11-14H2,1-3H3. The van der Waals surface area contributed by atoms with Crippen molar-refractivity contribution in [1.29, 1.82) is 0 Å². The number of unbranched alkanes of at least 4 members (excludes halogenated alkanes) is 1. The first-order valence-electron chi connectivity index (χ1n) is 9.45. The Morgan fingerprint density at radius 3 is 2.80 bits per heavy atom. The van der Waals surface area contributed by atoms with Crippen molar-refractivity contribution in [2.75, 3.05) is 13.1 Å². The second-order valence-electron chi connectivity index (χ2n) is 7.69. The number of carbonyl (C=O) groups is 1. The van der Waals surface area contributed by atoms with E-state index >= 15 is 0 Å². The third-order valence-corrected chi connectivity index (χ3v) is 5.17. The van der Waals surface area contributed by atoms with Gasteiger partial charge in [-0.2, -0.15) is 0 Å². The number of hydrogen-bond donors (Lipinski definition) is 1. The summed E-state index contributed by atoms with van der Waals surface area (Å²) in [7, 11) is 0. The maximum atomic E-state index is 12.8. The zero-order valence-electron chi connectivity index (χ0n) is 15.5. The minimum atomic E-state index is -0.424. The topological polar surface area (TPSA) is 50.8 Å². The van der Waals surface area contributed by atoms with Crippen LogP contribution in [0.1, 0.15) is 46.5 Å². The second kappa shape index (κ2) is 7.65. The maximum absolute atomic E-state index is 12.8. The molecule has 3 unspecified atom stereocenters. The largest absolute Gasteiger partial charge is 0.487 e. The lowest BCUT2D eigenvalue weighted by Gasteiger charge is -2.30. The molecule has 0 spiro atoms. The molecule has 1 aromatic rings. The van der Waals surface area contributed by atoms with Crippen molar-refractivity contribution >= 4 is 6.09 Å². The Morgan fingerprint density at radius 2 is 2.08 bits per heavy atom. The monoisotopic (exact) mass is 346 g/mol. The number of ether oxygens (including phenoxy) is 2. The first-order chi connectivity index (χ1) is 12.0. The molecule has 1 aromatic carbocycles. The number of nitrogens with zero attached hydrogens (tertiary/aromatic N) is 1. The Morgan fingerprint density at radius 1 is 1.32 bits per heavy atom. The lowest BCUT2D eigenvalue weighted by Crippen LogP contribution is -2.42. The third kappa shape index (κ3) is 4.27. The molecule has 3 rings (SSSR count). The van der Waals surface area contributed by atoms with Crippen molar-refractivity contribution in [2.45, 2.75) is 70.2 Å². The van der Waals surface area contributed by atoms with E-state index in [9.17, 15) is 4.79 Å². The summed E-state index contributed by atoms with van der Waals surface area (Å²) in [4.78, 5) is 14.7. The summed E-state index contributed by atoms with van der Waals surface area (Å²) in [6.07, 6.45) is 3.75. The summed E-state index contributed by atoms with van der Waals surface area (Å²) in [6.45, 7) is 7.63. The van der Waals surface area contributed by atoms with E-state index in [-0.39, 0.29) is 24.3 Å². The molecule has 0 saturated carbocycles. The molecule has 0 aromatic heterocycles. The molecular formula is C20H30N2O3. The molecule has 2 fully saturated rings. The predicted octanol–water partition coefficient (Wildman–Crippen LogP) is 3.59. The summed E-state index contributed by atoms with van der Waals surface area (Å²) in [5.41, 5.74) is -0.424. The molecule has 0 bridgehead atoms. The normalized spacial score (nSPS) is 25.7. The molecule has 138 valence electrons. The molecule has 0 aliphatic carbocycles. The van der Waals surface area contributed by atoms with E-state index in [0.29, 0.717) is 6.54 Å². The quantitative estimate of drug-likeness (QED) is 0.855. The Bertz CT molecular complexity index is 576. The van der Waals surface area contributed by atoms with Crippen molar-refractivity contribution in [3.05, 3.63) is 30.3 Å². The molecule has 5 heteroatoms. The number of nitrogens with one attached hydrogen (secondary N) is 1. The van der Waals surface area contributed by atoms with Crippen LogP contribution in [0.4, 0.5) is 4.79 Å². The van der Waals surface area contributed by atoms with E-state index < -0.39 is 5.60 Å². The maximum Gasteiger partial charge on any atom is 0.410 e. The number of fused-ring (bicyclic) bond motifs is 1. The Labute approximate surface area is 150 Å². The minimum Gasteiger partial charge on any atom is -0.487 e. The van der Waals surface area contributed by atoms with Crippen molar-refractivity contribution in [2.24, 2.45) is 0 Å². The fourth-order valence-electron chi connectivity index (χ4n) is 3.83. The molecule has 2 aliphatic heterocycles. The molecule has 2 aliphatic rings. The predicted molar refractivity (Wildman–Crippen MR) is 97.8 cm³/mol. The van der Waals surface area contributed by atoms with Crippen LogP contribution in [-0.4, -0.2) is 47.9 Å². The summed E-state index contributed by atoms with van der Waals surface area (Å²) in [5.74, 6) is 0.846. The summed E-state index contributed by atoms with van der Waals surface area (Å²) >= 11 is 0. The van der Waals surface area contributed by atoms with E-state index in [4.69, 9.17) is 9.47 Å². The van der Waals surface area contributed by atoms with Gasteiger partial charge in [-0.15, -0.1) is 0 Å². The fraction of sp³-hybridized carbons (Fsp3) is 0.650. The van der Waals surface area contributed by atoms with E-state index in [1.165, 1.54) is 0 Å². The van der Waals surface area contributed by atoms with Gasteiger partial charge < -0.3 is 14.8 Å². The van der Waals surface area contributed by atoms with Gasteiger partial charge in [-0.25, -0.2) is 4.79 Å². The smallest absolute Gasteiger partial charge is 0.410 e. The summed E-state index contributed by atoms with van der Waals surface area (Å²) < 4.78 is 12.0. The van der Waals surface area contributed by atoms with Crippen LogP contribution < -0.4 is 10.1 Å². The SMILES string of the molecule is CCCCC(C)(C)OC(=O)N1CC(Oc2ccccc2)C2NCCC21. The van der Waals surface area contributed by atoms with E-state index in [0.717, 1.165) is 38.0 Å². The van der Waals surface area contributed by atoms with E-state index in [1.54, 1.807) is 0 Å². The molecule has 3 atom stereocenters. The highest BCUT2D eigenvalue weighted by atomic mass is 16.6. The number of rotatable bonds is 6. The number of para-hydroxylation sites is 1. The number of carbonyl (C=O) groups excluding carboxylic acids is 1. The van der Waals surface area contributed by atoms with E-state index in [1.807, 2.05) is 49.1 Å². The van der Waals surface area contributed by atoms with Gasteiger partial charge in [0.05, 0.1) is 18.6 Å². The van der Waals surface area contributed by atoms with Crippen LogP contribution in [0.2, 0.25) is 0 Å². The molecular weight excluding hydrogens is 316 g/mol. The number of hydrogen-bond acceptors (Lipinski definition) is 4. The molecule has 25 heavy (non-hydrogen) atoms. The van der Waals surface area contributed by atoms with Gasteiger partial charge in [0.1, 0.15) is 17.5 Å². The number of likely N-dealkylation sites (tertiary alicyclic amines) is 1. The van der Waals surface area contributed by atoms with Gasteiger partial charge in [-0.05, 0) is 51.8 Å². The first-order valence-corrected chi connectivity index (χ1v) is 9.45. The van der Waals surface area contributed by atoms with E-state index in [2.05, 4.69) is 12.2 Å². The van der Waals surface area contributed by atoms with Crippen molar-refractivity contribution in [3.8, 4) is 5.75 Å². The van der Waals surface area contributed by atoms with Crippen LogP contribution >= 0.6 is 0 Å². The third-order valence-electron chi connectivity index (χ3n) is 5.17. The molecule has 0 radical (unpaired) electrons. The average molecular weight is 346 g/mol. The van der Waals surface area contributed by atoms with Gasteiger partial charge in [-0.3, -0.25) is 4.90 Å². The molecule has 1 N–H and O–H groups in total. The first kappa shape index (κ1) is 18.1. The van der Waals surface area contributed by atoms with Gasteiger partial charge >= 0.3 is 6.09 Å². The summed E-state index contributed by atoms with van der Waals surface area (Å²) in [5, 5.41) is 3.50.